The van der Waals surface area contributed by atoms with Gasteiger partial charge < -0.3 is 10.2 Å². The molecule has 1 aliphatic heterocycles. The lowest BCUT2D eigenvalue weighted by Gasteiger charge is -2.18. The van der Waals surface area contributed by atoms with E-state index in [9.17, 15) is 4.79 Å². The van der Waals surface area contributed by atoms with Crippen LogP contribution >= 0.6 is 24.8 Å². The van der Waals surface area contributed by atoms with E-state index in [2.05, 4.69) is 5.32 Å². The van der Waals surface area contributed by atoms with Gasteiger partial charge in [-0.2, -0.15) is 0 Å². The average Bonchev–Trinajstić information content (AvgIpc) is 3.33. The zero-order chi connectivity index (χ0) is 15.8. The molecule has 1 aliphatic carbocycles. The van der Waals surface area contributed by atoms with Crippen LogP contribution < -0.4 is 5.32 Å². The fourth-order valence-corrected chi connectivity index (χ4v) is 3.60. The summed E-state index contributed by atoms with van der Waals surface area (Å²) in [5.41, 5.74) is 2.88. The molecule has 0 spiro atoms. The van der Waals surface area contributed by atoms with Crippen molar-refractivity contribution in [2.45, 2.75) is 25.2 Å². The second-order valence-electron chi connectivity index (χ2n) is 6.85. The molecule has 1 aromatic carbocycles. The highest BCUT2D eigenvalue weighted by Gasteiger charge is 2.30. The number of benzene rings is 1. The van der Waals surface area contributed by atoms with E-state index in [1.54, 1.807) is 0 Å². The van der Waals surface area contributed by atoms with Crippen LogP contribution in [0.2, 0.25) is 0 Å². The van der Waals surface area contributed by atoms with Crippen molar-refractivity contribution < 1.29 is 4.79 Å². The molecule has 1 N–H and O–H groups in total. The minimum Gasteiger partial charge on any atom is -0.338 e. The summed E-state index contributed by atoms with van der Waals surface area (Å²) >= 11 is 0. The van der Waals surface area contributed by atoms with Crippen molar-refractivity contribution in [3.63, 3.8) is 0 Å². The Kier molecular flexibility index (Phi) is 6.66. The molecule has 136 valence electrons. The lowest BCUT2D eigenvalue weighted by Crippen LogP contribution is -2.30. The molecule has 1 saturated heterocycles. The van der Waals surface area contributed by atoms with Gasteiger partial charge in [-0.1, -0.05) is 18.2 Å². The number of carbonyl (C=O) groups is 1. The van der Waals surface area contributed by atoms with Crippen molar-refractivity contribution in [2.24, 2.45) is 5.92 Å². The summed E-state index contributed by atoms with van der Waals surface area (Å²) in [6, 6.07) is 10.1. The molecule has 2 aromatic rings. The minimum absolute atomic E-state index is 0. The molecule has 4 rings (SSSR count). The first-order chi connectivity index (χ1) is 11.3. The molecule has 25 heavy (non-hydrogen) atoms. The van der Waals surface area contributed by atoms with E-state index >= 15 is 0 Å². The number of hydrogen-bond donors (Lipinski definition) is 1. The van der Waals surface area contributed by atoms with Crippen LogP contribution in [0.1, 0.15) is 41.2 Å². The van der Waals surface area contributed by atoms with Crippen molar-refractivity contribution in [1.82, 2.24) is 15.2 Å². The Morgan fingerprint density at radius 2 is 2.00 bits per heavy atom. The molecule has 0 bridgehead atoms. The normalized spacial score (nSPS) is 19.4. The third-order valence-corrected chi connectivity index (χ3v) is 5.03. The monoisotopic (exact) mass is 381 g/mol. The summed E-state index contributed by atoms with van der Waals surface area (Å²) in [7, 11) is 1.97. The second kappa shape index (κ2) is 8.35. The topological polar surface area (TPSA) is 45.2 Å². The van der Waals surface area contributed by atoms with E-state index in [0.29, 0.717) is 11.8 Å². The van der Waals surface area contributed by atoms with Gasteiger partial charge in [-0.3, -0.25) is 9.78 Å². The number of carbonyl (C=O) groups excluding carboxylic acids is 1. The zero-order valence-corrected chi connectivity index (χ0v) is 16.0. The average molecular weight is 382 g/mol. The smallest absolute Gasteiger partial charge is 0.254 e. The Labute approximate surface area is 161 Å². The zero-order valence-electron chi connectivity index (χ0n) is 14.4. The number of rotatable bonds is 4. The minimum atomic E-state index is 0. The molecule has 2 aliphatic rings. The number of halogens is 2. The first-order valence-corrected chi connectivity index (χ1v) is 8.60. The molecule has 1 atom stereocenters. The predicted octanol–water partition coefficient (Wildman–Crippen LogP) is 3.64. The Bertz CT molecular complexity index is 749. The van der Waals surface area contributed by atoms with Gasteiger partial charge in [-0.05, 0) is 50.9 Å². The Balaban J connectivity index is 0.00000113. The van der Waals surface area contributed by atoms with Crippen molar-refractivity contribution in [2.75, 3.05) is 26.7 Å². The van der Waals surface area contributed by atoms with E-state index in [-0.39, 0.29) is 30.7 Å². The maximum Gasteiger partial charge on any atom is 0.254 e. The lowest BCUT2D eigenvalue weighted by atomic mass is 10.0. The van der Waals surface area contributed by atoms with E-state index in [1.165, 1.54) is 12.8 Å². The summed E-state index contributed by atoms with van der Waals surface area (Å²) < 4.78 is 0. The van der Waals surface area contributed by atoms with Gasteiger partial charge in [0.05, 0.1) is 11.1 Å². The Morgan fingerprint density at radius 1 is 1.24 bits per heavy atom. The van der Waals surface area contributed by atoms with Gasteiger partial charge in [0.2, 0.25) is 0 Å². The SMILES string of the molecule is CNCC1CCN(C(=O)c2cc(C3CC3)nc3ccccc23)C1.Cl.Cl. The van der Waals surface area contributed by atoms with E-state index in [0.717, 1.165) is 48.2 Å². The maximum absolute atomic E-state index is 13.1. The number of nitrogens with zero attached hydrogens (tertiary/aromatic N) is 2. The van der Waals surface area contributed by atoms with E-state index in [4.69, 9.17) is 4.98 Å². The molecule has 1 amide bonds. The summed E-state index contributed by atoms with van der Waals surface area (Å²) in [4.78, 5) is 19.9. The van der Waals surface area contributed by atoms with E-state index < -0.39 is 0 Å². The van der Waals surface area contributed by atoms with Gasteiger partial charge in [0, 0.05) is 30.1 Å². The van der Waals surface area contributed by atoms with Gasteiger partial charge in [-0.25, -0.2) is 0 Å². The third kappa shape index (κ3) is 4.08. The first kappa shape index (κ1) is 20.0. The highest BCUT2D eigenvalue weighted by Crippen LogP contribution is 2.40. The van der Waals surface area contributed by atoms with Crippen molar-refractivity contribution in [3.8, 4) is 0 Å². The predicted molar refractivity (Wildman–Crippen MR) is 106 cm³/mol. The van der Waals surface area contributed by atoms with Gasteiger partial charge in [0.1, 0.15) is 0 Å². The number of amides is 1. The van der Waals surface area contributed by atoms with Crippen LogP contribution in [-0.2, 0) is 0 Å². The fraction of sp³-hybridized carbons (Fsp3) is 0.474. The molecule has 1 saturated carbocycles. The lowest BCUT2D eigenvalue weighted by molar-refractivity contribution is 0.0789. The number of likely N-dealkylation sites (tertiary alicyclic amines) is 1. The molecule has 6 heteroatoms. The van der Waals surface area contributed by atoms with Gasteiger partial charge in [0.15, 0.2) is 0 Å². The standard InChI is InChI=1S/C19H23N3O.2ClH/c1-20-11-13-8-9-22(12-13)19(23)16-10-18(14-6-7-14)21-17-5-3-2-4-15(16)17;;/h2-5,10,13-14,20H,6-9,11-12H2,1H3;2*1H. The van der Waals surface area contributed by atoms with Crippen molar-refractivity contribution >= 4 is 41.6 Å². The van der Waals surface area contributed by atoms with Crippen LogP contribution in [-0.4, -0.2) is 42.5 Å². The van der Waals surface area contributed by atoms with Gasteiger partial charge >= 0.3 is 0 Å². The Morgan fingerprint density at radius 3 is 2.72 bits per heavy atom. The van der Waals surface area contributed by atoms with Crippen LogP contribution in [0, 0.1) is 5.92 Å². The Hall–Kier alpha value is -1.36. The maximum atomic E-state index is 13.1. The van der Waals surface area contributed by atoms with Gasteiger partial charge in [-0.15, -0.1) is 24.8 Å². The number of fused-ring (bicyclic) bond motifs is 1. The van der Waals surface area contributed by atoms with E-state index in [1.807, 2.05) is 42.3 Å². The molecule has 2 fully saturated rings. The number of pyridine rings is 1. The third-order valence-electron chi connectivity index (χ3n) is 5.03. The van der Waals surface area contributed by atoms with Crippen LogP contribution in [0.15, 0.2) is 30.3 Å². The molecule has 2 heterocycles. The first-order valence-electron chi connectivity index (χ1n) is 8.60. The highest BCUT2D eigenvalue weighted by atomic mass is 35.5. The van der Waals surface area contributed by atoms with Crippen LogP contribution in [0.3, 0.4) is 0 Å². The quantitative estimate of drug-likeness (QED) is 0.878. The highest BCUT2D eigenvalue weighted by molar-refractivity contribution is 6.06. The molecule has 1 unspecified atom stereocenters. The molecule has 4 nitrogen and oxygen atoms in total. The number of hydrogen-bond acceptors (Lipinski definition) is 3. The number of para-hydroxylation sites is 1. The number of nitrogens with one attached hydrogen (secondary N) is 1. The molecule has 1 aromatic heterocycles. The second-order valence-corrected chi connectivity index (χ2v) is 6.85. The summed E-state index contributed by atoms with van der Waals surface area (Å²) in [6.07, 6.45) is 3.49. The van der Waals surface area contributed by atoms with Gasteiger partial charge in [0.25, 0.3) is 5.91 Å². The van der Waals surface area contributed by atoms with Crippen molar-refractivity contribution in [3.05, 3.63) is 41.6 Å². The van der Waals surface area contributed by atoms with Crippen LogP contribution in [0.5, 0.6) is 0 Å². The molecular weight excluding hydrogens is 357 g/mol. The summed E-state index contributed by atoms with van der Waals surface area (Å²) in [6.45, 7) is 2.70. The summed E-state index contributed by atoms with van der Waals surface area (Å²) in [5, 5.41) is 4.21. The largest absolute Gasteiger partial charge is 0.338 e. The molecular formula is C19H25Cl2N3O. The molecule has 0 radical (unpaired) electrons. The van der Waals surface area contributed by atoms with Crippen molar-refractivity contribution in [1.29, 1.82) is 0 Å². The number of aromatic nitrogens is 1. The fourth-order valence-electron chi connectivity index (χ4n) is 3.60. The summed E-state index contributed by atoms with van der Waals surface area (Å²) in [5.74, 6) is 1.30. The van der Waals surface area contributed by atoms with Crippen LogP contribution in [0.25, 0.3) is 10.9 Å². The van der Waals surface area contributed by atoms with Crippen LogP contribution in [0.4, 0.5) is 0 Å².